The summed E-state index contributed by atoms with van der Waals surface area (Å²) in [6.07, 6.45) is 0. The average molecular weight is 729 g/mol. The number of para-hydroxylation sites is 5. The molecule has 0 radical (unpaired) electrons. The lowest BCUT2D eigenvalue weighted by Crippen LogP contribution is -2.02. The molecule has 0 aliphatic heterocycles. The summed E-state index contributed by atoms with van der Waals surface area (Å²) < 4.78 is 11.3. The maximum Gasteiger partial charge on any atom is 0.162 e. The Kier molecular flexibility index (Phi) is 6.86. The minimum absolute atomic E-state index is 0.642. The molecule has 0 aliphatic rings. The van der Waals surface area contributed by atoms with E-state index in [-0.39, 0.29) is 0 Å². The number of rotatable bonds is 5. The molecule has 0 saturated carbocycles. The fourth-order valence-corrected chi connectivity index (χ4v) is 8.74. The van der Waals surface area contributed by atoms with Gasteiger partial charge >= 0.3 is 0 Å². The Morgan fingerprint density at radius 3 is 1.67 bits per heavy atom. The molecule has 0 aliphatic carbocycles. The molecule has 0 unspecified atom stereocenters. The highest BCUT2D eigenvalue weighted by atomic mass is 16.3. The van der Waals surface area contributed by atoms with Gasteiger partial charge in [-0.3, -0.25) is 4.57 Å². The highest BCUT2D eigenvalue weighted by Gasteiger charge is 2.21. The monoisotopic (exact) mass is 728 g/mol. The Morgan fingerprint density at radius 1 is 0.368 bits per heavy atom. The molecule has 5 heteroatoms. The number of fused-ring (bicyclic) bond motifs is 9. The van der Waals surface area contributed by atoms with Crippen LogP contribution in [0.3, 0.4) is 0 Å². The lowest BCUT2D eigenvalue weighted by molar-refractivity contribution is 0.670. The van der Waals surface area contributed by atoms with Gasteiger partial charge in [0.05, 0.1) is 27.8 Å². The Labute approximate surface area is 327 Å². The SMILES string of the molecule is c1ccc(-c2ccc(-c3nc(-c4cccc5c4oc4ccccc45)cc(-n4c5ccccc5c5cc6c(cc54)c4ccccc4n6-c4ccccc4)n3)cc2)cc1. The van der Waals surface area contributed by atoms with Gasteiger partial charge in [0, 0.05) is 55.2 Å². The number of nitrogens with zero attached hydrogens (tertiary/aromatic N) is 4. The average Bonchev–Trinajstić information content (AvgIpc) is 3.93. The molecule has 0 N–H and O–H groups in total. The first kappa shape index (κ1) is 31.6. The Bertz CT molecular complexity index is 3500. The zero-order valence-corrected chi connectivity index (χ0v) is 30.7. The van der Waals surface area contributed by atoms with Crippen molar-refractivity contribution in [3.63, 3.8) is 0 Å². The summed E-state index contributed by atoms with van der Waals surface area (Å²) in [7, 11) is 0. The summed E-state index contributed by atoms with van der Waals surface area (Å²) >= 11 is 0. The number of furan rings is 1. The summed E-state index contributed by atoms with van der Waals surface area (Å²) in [5, 5.41) is 6.85. The largest absolute Gasteiger partial charge is 0.455 e. The Balaban J connectivity index is 1.15. The highest BCUT2D eigenvalue weighted by molar-refractivity contribution is 6.19. The van der Waals surface area contributed by atoms with Crippen molar-refractivity contribution in [2.24, 2.45) is 0 Å². The number of aromatic nitrogens is 4. The minimum Gasteiger partial charge on any atom is -0.455 e. The van der Waals surface area contributed by atoms with E-state index in [0.29, 0.717) is 5.82 Å². The van der Waals surface area contributed by atoms with E-state index < -0.39 is 0 Å². The zero-order valence-electron chi connectivity index (χ0n) is 30.7. The summed E-state index contributed by atoms with van der Waals surface area (Å²) in [6, 6.07) is 68.3. The van der Waals surface area contributed by atoms with Gasteiger partial charge in [-0.1, -0.05) is 140 Å². The lowest BCUT2D eigenvalue weighted by Gasteiger charge is -2.13. The predicted molar refractivity (Wildman–Crippen MR) is 234 cm³/mol. The fourth-order valence-electron chi connectivity index (χ4n) is 8.74. The molecule has 4 aromatic heterocycles. The molecule has 12 rings (SSSR count). The van der Waals surface area contributed by atoms with Crippen LogP contribution in [-0.2, 0) is 0 Å². The smallest absolute Gasteiger partial charge is 0.162 e. The van der Waals surface area contributed by atoms with Crippen LogP contribution in [0, 0.1) is 0 Å². The van der Waals surface area contributed by atoms with E-state index in [9.17, 15) is 0 Å². The summed E-state index contributed by atoms with van der Waals surface area (Å²) in [6.45, 7) is 0. The number of benzene rings is 8. The van der Waals surface area contributed by atoms with Gasteiger partial charge in [0.25, 0.3) is 0 Å². The van der Waals surface area contributed by atoms with Gasteiger partial charge in [0.1, 0.15) is 17.0 Å². The number of hydrogen-bond donors (Lipinski definition) is 0. The van der Waals surface area contributed by atoms with Crippen molar-refractivity contribution >= 4 is 65.6 Å². The van der Waals surface area contributed by atoms with Gasteiger partial charge in [-0.2, -0.15) is 0 Å². The fraction of sp³-hybridized carbons (Fsp3) is 0. The number of hydrogen-bond acceptors (Lipinski definition) is 3. The molecule has 266 valence electrons. The molecule has 0 saturated heterocycles. The molecule has 0 amide bonds. The lowest BCUT2D eigenvalue weighted by atomic mass is 10.0. The molecule has 4 heterocycles. The van der Waals surface area contributed by atoms with Crippen molar-refractivity contribution in [1.82, 2.24) is 19.1 Å². The first-order valence-electron chi connectivity index (χ1n) is 19.2. The van der Waals surface area contributed by atoms with Crippen LogP contribution in [0.15, 0.2) is 199 Å². The van der Waals surface area contributed by atoms with Crippen LogP contribution in [0.2, 0.25) is 0 Å². The highest BCUT2D eigenvalue weighted by Crippen LogP contribution is 2.41. The van der Waals surface area contributed by atoms with Crippen LogP contribution < -0.4 is 0 Å². The van der Waals surface area contributed by atoms with Crippen LogP contribution in [0.4, 0.5) is 0 Å². The molecule has 0 bridgehead atoms. The van der Waals surface area contributed by atoms with Crippen molar-refractivity contribution in [2.75, 3.05) is 0 Å². The van der Waals surface area contributed by atoms with Crippen LogP contribution in [0.5, 0.6) is 0 Å². The van der Waals surface area contributed by atoms with Crippen molar-refractivity contribution < 1.29 is 4.42 Å². The van der Waals surface area contributed by atoms with Crippen molar-refractivity contribution in [3.8, 4) is 45.3 Å². The van der Waals surface area contributed by atoms with E-state index in [1.807, 2.05) is 18.2 Å². The van der Waals surface area contributed by atoms with Gasteiger partial charge in [-0.05, 0) is 59.7 Å². The second kappa shape index (κ2) is 12.4. The minimum atomic E-state index is 0.642. The predicted octanol–water partition coefficient (Wildman–Crippen LogP) is 13.6. The third-order valence-electron chi connectivity index (χ3n) is 11.4. The van der Waals surface area contributed by atoms with Gasteiger partial charge in [0.2, 0.25) is 0 Å². The van der Waals surface area contributed by atoms with Gasteiger partial charge in [-0.15, -0.1) is 0 Å². The van der Waals surface area contributed by atoms with E-state index >= 15 is 0 Å². The summed E-state index contributed by atoms with van der Waals surface area (Å²) in [4.78, 5) is 10.7. The molecule has 57 heavy (non-hydrogen) atoms. The van der Waals surface area contributed by atoms with Gasteiger partial charge in [-0.25, -0.2) is 9.97 Å². The van der Waals surface area contributed by atoms with Crippen molar-refractivity contribution in [1.29, 1.82) is 0 Å². The third kappa shape index (κ3) is 4.89. The van der Waals surface area contributed by atoms with E-state index in [4.69, 9.17) is 14.4 Å². The normalized spacial score (nSPS) is 11.9. The van der Waals surface area contributed by atoms with E-state index in [1.54, 1.807) is 0 Å². The standard InChI is InChI=1S/C52H32N4O/c1-3-14-33(15-4-1)34-26-28-35(29-27-34)52-53-44(41-22-13-21-40-39-20-9-12-25-49(39)57-51(40)41)32-50(54-52)56-46-24-11-8-19-38(46)43-30-47-42(31-48(43)56)37-18-7-10-23-45(37)55(47)36-16-5-2-6-17-36/h1-32H. The summed E-state index contributed by atoms with van der Waals surface area (Å²) in [5.41, 5.74) is 12.2. The molecule has 0 fully saturated rings. The molecular formula is C52H32N4O. The second-order valence-electron chi connectivity index (χ2n) is 14.6. The first-order valence-corrected chi connectivity index (χ1v) is 19.2. The molecule has 8 aromatic carbocycles. The molecule has 0 atom stereocenters. The topological polar surface area (TPSA) is 48.8 Å². The third-order valence-corrected chi connectivity index (χ3v) is 11.4. The van der Waals surface area contributed by atoms with Crippen LogP contribution in [-0.4, -0.2) is 19.1 Å². The van der Waals surface area contributed by atoms with Gasteiger partial charge in [0.15, 0.2) is 5.82 Å². The maximum atomic E-state index is 6.58. The maximum absolute atomic E-state index is 6.58. The van der Waals surface area contributed by atoms with E-state index in [1.165, 1.54) is 21.9 Å². The van der Waals surface area contributed by atoms with Crippen LogP contribution in [0.25, 0.3) is 111 Å². The molecule has 0 spiro atoms. The zero-order chi connectivity index (χ0) is 37.5. The summed E-state index contributed by atoms with van der Waals surface area (Å²) in [5.74, 6) is 1.43. The molecular weight excluding hydrogens is 697 g/mol. The van der Waals surface area contributed by atoms with Crippen LogP contribution >= 0.6 is 0 Å². The van der Waals surface area contributed by atoms with E-state index in [0.717, 1.165) is 83.2 Å². The van der Waals surface area contributed by atoms with Crippen molar-refractivity contribution in [3.05, 3.63) is 194 Å². The Hall–Kier alpha value is -7.76. The Morgan fingerprint density at radius 2 is 0.930 bits per heavy atom. The molecule has 5 nitrogen and oxygen atoms in total. The van der Waals surface area contributed by atoms with E-state index in [2.05, 4.69) is 185 Å². The first-order chi connectivity index (χ1) is 28.3. The van der Waals surface area contributed by atoms with Gasteiger partial charge < -0.3 is 8.98 Å². The second-order valence-corrected chi connectivity index (χ2v) is 14.6. The quantitative estimate of drug-likeness (QED) is 0.177. The van der Waals surface area contributed by atoms with Crippen LogP contribution in [0.1, 0.15) is 0 Å². The van der Waals surface area contributed by atoms with Crippen molar-refractivity contribution in [2.45, 2.75) is 0 Å². The molecule has 12 aromatic rings.